The first-order valence-corrected chi connectivity index (χ1v) is 12.9. The molecular weight excluding hydrogens is 468 g/mol. The van der Waals surface area contributed by atoms with Crippen LogP contribution in [-0.4, -0.2) is 51.9 Å². The summed E-state index contributed by atoms with van der Waals surface area (Å²) in [6, 6.07) is 13.5. The lowest BCUT2D eigenvalue weighted by Crippen LogP contribution is -2.35. The van der Waals surface area contributed by atoms with Crippen molar-refractivity contribution in [1.29, 1.82) is 5.26 Å². The van der Waals surface area contributed by atoms with Crippen molar-refractivity contribution in [2.45, 2.75) is 59.5 Å². The number of aryl methyl sites for hydroxylation is 1. The molecule has 1 fully saturated rings. The molecule has 1 aliphatic rings. The van der Waals surface area contributed by atoms with Gasteiger partial charge in [-0.15, -0.1) is 0 Å². The molecule has 0 radical (unpaired) electrons. The Balaban J connectivity index is 1.50. The first kappa shape index (κ1) is 26.4. The standard InChI is InChI=1S/C29H34N4O4/c1-5-33(18-29(13-14-29)28(34)35)15-7-10-23-20(4)8-6-9-24(23)26-31-27(37-32-26)21-11-12-25(36-19(2)3)22(16-21)17-30/h6,8-9,11-12,16,19H,5,7,10,13-15,18H2,1-4H3,(H,34,35). The summed E-state index contributed by atoms with van der Waals surface area (Å²) < 4.78 is 11.3. The summed E-state index contributed by atoms with van der Waals surface area (Å²) in [4.78, 5) is 18.5. The Labute approximate surface area is 217 Å². The molecular formula is C29H34N4O4. The summed E-state index contributed by atoms with van der Waals surface area (Å²) in [7, 11) is 0. The minimum atomic E-state index is -0.677. The van der Waals surface area contributed by atoms with Gasteiger partial charge in [0.05, 0.1) is 17.1 Å². The fraction of sp³-hybridized carbons (Fsp3) is 0.448. The zero-order valence-corrected chi connectivity index (χ0v) is 22.0. The van der Waals surface area contributed by atoms with Crippen molar-refractivity contribution in [2.75, 3.05) is 19.6 Å². The lowest BCUT2D eigenvalue weighted by atomic mass is 9.97. The predicted molar refractivity (Wildman–Crippen MR) is 140 cm³/mol. The highest BCUT2D eigenvalue weighted by atomic mass is 16.5. The predicted octanol–water partition coefficient (Wildman–Crippen LogP) is 5.49. The van der Waals surface area contributed by atoms with Crippen LogP contribution in [0, 0.1) is 23.7 Å². The minimum Gasteiger partial charge on any atom is -0.490 e. The first-order valence-electron chi connectivity index (χ1n) is 12.9. The molecule has 3 aromatic rings. The highest BCUT2D eigenvalue weighted by Crippen LogP contribution is 2.46. The Bertz CT molecular complexity index is 1300. The van der Waals surface area contributed by atoms with Crippen molar-refractivity contribution in [3.8, 4) is 34.7 Å². The third-order valence-corrected chi connectivity index (χ3v) is 6.97. The maximum Gasteiger partial charge on any atom is 0.310 e. The average molecular weight is 503 g/mol. The molecule has 1 saturated carbocycles. The normalized spacial score (nSPS) is 14.1. The van der Waals surface area contributed by atoms with Crippen molar-refractivity contribution >= 4 is 5.97 Å². The molecule has 2 aromatic carbocycles. The second-order valence-electron chi connectivity index (χ2n) is 10.1. The molecule has 0 aliphatic heterocycles. The summed E-state index contributed by atoms with van der Waals surface area (Å²) in [6.45, 7) is 10.3. The van der Waals surface area contributed by atoms with Crippen LogP contribution in [0.1, 0.15) is 56.7 Å². The van der Waals surface area contributed by atoms with Gasteiger partial charge in [-0.25, -0.2) is 0 Å². The van der Waals surface area contributed by atoms with Crippen LogP contribution in [0.2, 0.25) is 0 Å². The van der Waals surface area contributed by atoms with Gasteiger partial charge in [0.25, 0.3) is 5.89 Å². The third kappa shape index (κ3) is 6.00. The fourth-order valence-electron chi connectivity index (χ4n) is 4.65. The molecule has 194 valence electrons. The number of nitriles is 1. The Kier molecular flexibility index (Phi) is 7.94. The molecule has 1 N–H and O–H groups in total. The van der Waals surface area contributed by atoms with E-state index in [2.05, 4.69) is 41.0 Å². The first-order chi connectivity index (χ1) is 17.8. The van der Waals surface area contributed by atoms with Gasteiger partial charge in [0.1, 0.15) is 11.8 Å². The monoisotopic (exact) mass is 502 g/mol. The molecule has 0 amide bonds. The van der Waals surface area contributed by atoms with E-state index in [0.29, 0.717) is 35.1 Å². The molecule has 0 unspecified atom stereocenters. The number of hydrogen-bond acceptors (Lipinski definition) is 7. The number of hydrogen-bond donors (Lipinski definition) is 1. The van der Waals surface area contributed by atoms with E-state index >= 15 is 0 Å². The van der Waals surface area contributed by atoms with Gasteiger partial charge in [-0.05, 0) is 88.9 Å². The molecule has 0 spiro atoms. The number of aliphatic carboxylic acids is 1. The van der Waals surface area contributed by atoms with E-state index in [1.165, 1.54) is 0 Å². The van der Waals surface area contributed by atoms with Gasteiger partial charge in [0, 0.05) is 17.7 Å². The van der Waals surface area contributed by atoms with E-state index in [1.54, 1.807) is 12.1 Å². The van der Waals surface area contributed by atoms with Crippen LogP contribution in [0.4, 0.5) is 0 Å². The van der Waals surface area contributed by atoms with Crippen LogP contribution in [0.5, 0.6) is 5.75 Å². The molecule has 37 heavy (non-hydrogen) atoms. The number of ether oxygens (including phenoxy) is 1. The number of aromatic nitrogens is 2. The van der Waals surface area contributed by atoms with Gasteiger partial charge < -0.3 is 19.3 Å². The smallest absolute Gasteiger partial charge is 0.310 e. The van der Waals surface area contributed by atoms with Gasteiger partial charge in [0.2, 0.25) is 5.82 Å². The van der Waals surface area contributed by atoms with Crippen molar-refractivity contribution in [3.05, 3.63) is 53.1 Å². The Morgan fingerprint density at radius 2 is 2.08 bits per heavy atom. The largest absolute Gasteiger partial charge is 0.490 e. The van der Waals surface area contributed by atoms with Crippen LogP contribution in [0.25, 0.3) is 22.8 Å². The van der Waals surface area contributed by atoms with Crippen LogP contribution in [-0.2, 0) is 11.2 Å². The van der Waals surface area contributed by atoms with Gasteiger partial charge >= 0.3 is 5.97 Å². The molecule has 8 nitrogen and oxygen atoms in total. The Hall–Kier alpha value is -3.70. The van der Waals surface area contributed by atoms with E-state index in [-0.39, 0.29) is 6.10 Å². The molecule has 0 saturated heterocycles. The van der Waals surface area contributed by atoms with Gasteiger partial charge in [0.15, 0.2) is 0 Å². The lowest BCUT2D eigenvalue weighted by Gasteiger charge is -2.24. The molecule has 1 heterocycles. The molecule has 1 aromatic heterocycles. The number of carbonyl (C=O) groups is 1. The zero-order valence-electron chi connectivity index (χ0n) is 22.0. The SMILES string of the molecule is CCN(CCCc1c(C)cccc1-c1noc(-c2ccc(OC(C)C)c(C#N)c2)n1)CC1(C(=O)O)CC1. The number of carboxylic acids is 1. The van der Waals surface area contributed by atoms with E-state index < -0.39 is 11.4 Å². The molecule has 1 aliphatic carbocycles. The van der Waals surface area contributed by atoms with Gasteiger partial charge in [-0.1, -0.05) is 30.3 Å². The highest BCUT2D eigenvalue weighted by Gasteiger charge is 2.50. The summed E-state index contributed by atoms with van der Waals surface area (Å²) in [5.41, 5.74) is 3.75. The Morgan fingerprint density at radius 1 is 1.30 bits per heavy atom. The van der Waals surface area contributed by atoms with Gasteiger partial charge in [-0.3, -0.25) is 4.79 Å². The molecule has 4 rings (SSSR count). The van der Waals surface area contributed by atoms with Crippen molar-refractivity contribution in [2.24, 2.45) is 5.41 Å². The summed E-state index contributed by atoms with van der Waals surface area (Å²) >= 11 is 0. The highest BCUT2D eigenvalue weighted by molar-refractivity contribution is 5.78. The fourth-order valence-corrected chi connectivity index (χ4v) is 4.65. The van der Waals surface area contributed by atoms with E-state index in [4.69, 9.17) is 9.26 Å². The van der Waals surface area contributed by atoms with Crippen molar-refractivity contribution < 1.29 is 19.2 Å². The maximum absolute atomic E-state index is 11.6. The van der Waals surface area contributed by atoms with Gasteiger partial charge in [-0.2, -0.15) is 10.2 Å². The minimum absolute atomic E-state index is 0.0379. The van der Waals surface area contributed by atoms with Crippen LogP contribution in [0.15, 0.2) is 40.9 Å². The number of benzene rings is 2. The maximum atomic E-state index is 11.6. The van der Waals surface area contributed by atoms with Crippen LogP contribution < -0.4 is 4.74 Å². The second kappa shape index (κ2) is 11.1. The number of carboxylic acid groups (broad SMARTS) is 1. The van der Waals surface area contributed by atoms with Crippen molar-refractivity contribution in [3.63, 3.8) is 0 Å². The third-order valence-electron chi connectivity index (χ3n) is 6.97. The van der Waals surface area contributed by atoms with E-state index in [1.807, 2.05) is 32.0 Å². The molecule has 8 heteroatoms. The van der Waals surface area contributed by atoms with Crippen molar-refractivity contribution in [1.82, 2.24) is 15.0 Å². The van der Waals surface area contributed by atoms with E-state index in [0.717, 1.165) is 55.5 Å². The number of nitrogens with zero attached hydrogens (tertiary/aromatic N) is 4. The van der Waals surface area contributed by atoms with Crippen LogP contribution in [0.3, 0.4) is 0 Å². The second-order valence-corrected chi connectivity index (χ2v) is 10.1. The Morgan fingerprint density at radius 3 is 2.73 bits per heavy atom. The topological polar surface area (TPSA) is 112 Å². The number of rotatable bonds is 12. The average Bonchev–Trinajstić information content (AvgIpc) is 3.50. The summed E-state index contributed by atoms with van der Waals surface area (Å²) in [5.74, 6) is 0.698. The lowest BCUT2D eigenvalue weighted by molar-refractivity contribution is -0.144. The zero-order chi connectivity index (χ0) is 26.6. The quantitative estimate of drug-likeness (QED) is 0.346. The summed E-state index contributed by atoms with van der Waals surface area (Å²) in [5, 5.41) is 23.3. The summed E-state index contributed by atoms with van der Waals surface area (Å²) in [6.07, 6.45) is 3.22. The molecule has 0 atom stereocenters. The molecule has 0 bridgehead atoms. The van der Waals surface area contributed by atoms with Crippen LogP contribution >= 0.6 is 0 Å². The van der Waals surface area contributed by atoms with E-state index in [9.17, 15) is 15.2 Å².